The number of carbonyl (C=O) groups is 3. The highest BCUT2D eigenvalue weighted by Crippen LogP contribution is 2.30. The molecule has 33 heavy (non-hydrogen) atoms. The van der Waals surface area contributed by atoms with E-state index in [-0.39, 0.29) is 17.6 Å². The second kappa shape index (κ2) is 10.4. The monoisotopic (exact) mass is 477 g/mol. The highest BCUT2D eigenvalue weighted by Gasteiger charge is 2.31. The van der Waals surface area contributed by atoms with Crippen molar-refractivity contribution in [3.63, 3.8) is 0 Å². The number of rotatable bonds is 7. The smallest absolute Gasteiger partial charge is 0.322 e. The first-order valence-corrected chi connectivity index (χ1v) is 10.8. The van der Waals surface area contributed by atoms with Crippen LogP contribution in [0.3, 0.4) is 0 Å². The van der Waals surface area contributed by atoms with Gasteiger partial charge in [0, 0.05) is 11.1 Å². The van der Waals surface area contributed by atoms with Crippen LogP contribution in [0.2, 0.25) is 5.02 Å². The molecule has 1 aromatic heterocycles. The number of nitrogens with zero attached hydrogens (tertiary/aromatic N) is 1. The van der Waals surface area contributed by atoms with E-state index in [0.29, 0.717) is 18.4 Å². The lowest BCUT2D eigenvalue weighted by Crippen LogP contribution is -2.41. The van der Waals surface area contributed by atoms with Crippen LogP contribution in [0.15, 0.2) is 29.1 Å². The van der Waals surface area contributed by atoms with Gasteiger partial charge in [-0.25, -0.2) is 0 Å². The van der Waals surface area contributed by atoms with E-state index in [1.165, 1.54) is 0 Å². The van der Waals surface area contributed by atoms with Gasteiger partial charge >= 0.3 is 5.97 Å². The summed E-state index contributed by atoms with van der Waals surface area (Å²) in [5.41, 5.74) is -2.10. The lowest BCUT2D eigenvalue weighted by atomic mass is 9.95. The van der Waals surface area contributed by atoms with Crippen molar-refractivity contribution in [2.75, 3.05) is 6.54 Å². The van der Waals surface area contributed by atoms with Crippen LogP contribution in [-0.2, 0) is 11.3 Å². The molecule has 1 aromatic carbocycles. The number of hydrogen-bond acceptors (Lipinski definition) is 6. The van der Waals surface area contributed by atoms with Gasteiger partial charge < -0.3 is 26.0 Å². The molecule has 2 amide bonds. The number of carboxylic acids is 1. The number of pyridine rings is 1. The number of carboxylic acid groups (broad SMARTS) is 1. The van der Waals surface area contributed by atoms with Crippen LogP contribution in [0.1, 0.15) is 58.4 Å². The van der Waals surface area contributed by atoms with Gasteiger partial charge in [0.05, 0.1) is 6.54 Å². The second-order valence-electron chi connectivity index (χ2n) is 7.79. The molecule has 0 atom stereocenters. The van der Waals surface area contributed by atoms with Gasteiger partial charge in [0.1, 0.15) is 17.7 Å². The quantitative estimate of drug-likeness (QED) is 0.407. The fourth-order valence-corrected chi connectivity index (χ4v) is 4.00. The van der Waals surface area contributed by atoms with Crippen molar-refractivity contribution in [1.29, 1.82) is 0 Å². The maximum absolute atomic E-state index is 13.2. The molecule has 1 saturated carbocycles. The zero-order valence-electron chi connectivity index (χ0n) is 17.6. The third-order valence-electron chi connectivity index (χ3n) is 5.49. The molecule has 2 aromatic rings. The average molecular weight is 478 g/mol. The Kier molecular flexibility index (Phi) is 7.59. The summed E-state index contributed by atoms with van der Waals surface area (Å²) in [4.78, 5) is 49.5. The van der Waals surface area contributed by atoms with E-state index in [4.69, 9.17) is 16.7 Å². The van der Waals surface area contributed by atoms with E-state index in [9.17, 15) is 29.4 Å². The summed E-state index contributed by atoms with van der Waals surface area (Å²) in [6.07, 6.45) is 4.28. The molecule has 1 heterocycles. The van der Waals surface area contributed by atoms with Crippen LogP contribution in [0.25, 0.3) is 0 Å². The Morgan fingerprint density at radius 3 is 2.33 bits per heavy atom. The molecule has 0 saturated heterocycles. The van der Waals surface area contributed by atoms with E-state index in [1.54, 1.807) is 24.3 Å². The fraction of sp³-hybridized carbons (Fsp3) is 0.364. The number of benzene rings is 1. The number of carbonyl (C=O) groups excluding carboxylic acids is 2. The molecule has 0 spiro atoms. The molecule has 1 aliphatic carbocycles. The Hall–Kier alpha value is -3.53. The fourth-order valence-electron chi connectivity index (χ4n) is 3.80. The van der Waals surface area contributed by atoms with Gasteiger partial charge in [0.2, 0.25) is 5.88 Å². The molecule has 11 heteroatoms. The maximum atomic E-state index is 13.2. The van der Waals surface area contributed by atoms with Crippen molar-refractivity contribution in [2.45, 2.75) is 44.7 Å². The third-order valence-corrected chi connectivity index (χ3v) is 5.86. The van der Waals surface area contributed by atoms with Gasteiger partial charge in [-0.2, -0.15) is 0 Å². The Labute approximate surface area is 193 Å². The Morgan fingerprint density at radius 1 is 1.03 bits per heavy atom. The minimum atomic E-state index is -1.36. The first-order chi connectivity index (χ1) is 15.7. The van der Waals surface area contributed by atoms with Crippen LogP contribution in [0.4, 0.5) is 0 Å². The summed E-state index contributed by atoms with van der Waals surface area (Å²) in [7, 11) is 0. The molecular formula is C22H24ClN3O7. The largest absolute Gasteiger partial charge is 0.506 e. The first-order valence-electron chi connectivity index (χ1n) is 10.4. The zero-order valence-corrected chi connectivity index (χ0v) is 18.4. The van der Waals surface area contributed by atoms with Crippen molar-refractivity contribution < 1.29 is 29.7 Å². The number of halogens is 1. The molecule has 3 rings (SSSR count). The van der Waals surface area contributed by atoms with Gasteiger partial charge in [-0.05, 0) is 24.5 Å². The molecule has 0 radical (unpaired) electrons. The van der Waals surface area contributed by atoms with Gasteiger partial charge in [-0.15, -0.1) is 0 Å². The Bertz CT molecular complexity index is 1140. The van der Waals surface area contributed by atoms with E-state index in [2.05, 4.69) is 5.32 Å². The highest BCUT2D eigenvalue weighted by atomic mass is 35.5. The molecule has 10 nitrogen and oxygen atoms in total. The number of aromatic hydroxyl groups is 2. The summed E-state index contributed by atoms with van der Waals surface area (Å²) in [5.74, 6) is -5.35. The lowest BCUT2D eigenvalue weighted by molar-refractivity contribution is -0.135. The number of hydrogen-bond donors (Lipinski definition) is 5. The summed E-state index contributed by atoms with van der Waals surface area (Å²) in [5, 5.41) is 35.2. The van der Waals surface area contributed by atoms with Crippen LogP contribution < -0.4 is 16.2 Å². The molecule has 0 bridgehead atoms. The Balaban J connectivity index is 2.10. The Morgan fingerprint density at radius 2 is 1.70 bits per heavy atom. The molecule has 0 aliphatic heterocycles. The molecule has 176 valence electrons. The number of amides is 2. The summed E-state index contributed by atoms with van der Waals surface area (Å²) >= 11 is 6.16. The average Bonchev–Trinajstić information content (AvgIpc) is 2.77. The van der Waals surface area contributed by atoms with E-state index in [1.807, 2.05) is 5.32 Å². The predicted octanol–water partition coefficient (Wildman–Crippen LogP) is 1.84. The lowest BCUT2D eigenvalue weighted by Gasteiger charge is -2.23. The topological polar surface area (TPSA) is 158 Å². The maximum Gasteiger partial charge on any atom is 0.322 e. The van der Waals surface area contributed by atoms with Gasteiger partial charge in [-0.1, -0.05) is 49.1 Å². The number of aromatic nitrogens is 1. The number of aliphatic carboxylic acids is 1. The van der Waals surface area contributed by atoms with E-state index >= 15 is 0 Å². The highest BCUT2D eigenvalue weighted by molar-refractivity contribution is 6.31. The summed E-state index contributed by atoms with van der Waals surface area (Å²) in [6, 6.07) is 6.28. The second-order valence-corrected chi connectivity index (χ2v) is 8.20. The standard InChI is InChI=1S/C22H24ClN3O7/c23-14-9-5-4-6-12(14)11-26-21(32)16(19(30)24-10-15(27)28)18(29)17(22(26)33)20(31)25-13-7-2-1-3-8-13/h4-6,9,13,29,32H,1-3,7-8,10-11H2,(H,24,30)(H,25,31)(H,27,28). The zero-order chi connectivity index (χ0) is 24.1. The molecule has 1 aliphatic rings. The predicted molar refractivity (Wildman–Crippen MR) is 119 cm³/mol. The van der Waals surface area contributed by atoms with Crippen molar-refractivity contribution in [2.24, 2.45) is 0 Å². The minimum Gasteiger partial charge on any atom is -0.506 e. The summed E-state index contributed by atoms with van der Waals surface area (Å²) in [6.45, 7) is -1.10. The van der Waals surface area contributed by atoms with E-state index < -0.39 is 52.6 Å². The van der Waals surface area contributed by atoms with Crippen molar-refractivity contribution in [3.8, 4) is 11.6 Å². The van der Waals surface area contributed by atoms with Crippen molar-refractivity contribution in [3.05, 3.63) is 56.3 Å². The summed E-state index contributed by atoms with van der Waals surface area (Å²) < 4.78 is 0.742. The molecule has 0 unspecified atom stereocenters. The molecular weight excluding hydrogens is 454 g/mol. The van der Waals surface area contributed by atoms with E-state index in [0.717, 1.165) is 23.8 Å². The SMILES string of the molecule is O=C(O)CNC(=O)c1c(O)c(C(=O)NC2CCCCC2)c(=O)n(Cc2ccccc2Cl)c1O. The van der Waals surface area contributed by atoms with Crippen LogP contribution in [0.5, 0.6) is 11.6 Å². The van der Waals surface area contributed by atoms with Gasteiger partial charge in [0.15, 0.2) is 5.75 Å². The van der Waals surface area contributed by atoms with Crippen molar-refractivity contribution in [1.82, 2.24) is 15.2 Å². The molecule has 1 fully saturated rings. The normalized spacial score (nSPS) is 14.0. The van der Waals surface area contributed by atoms with Crippen molar-refractivity contribution >= 4 is 29.4 Å². The van der Waals surface area contributed by atoms with Crippen LogP contribution in [-0.4, -0.2) is 50.3 Å². The molecule has 5 N–H and O–H groups in total. The first kappa shape index (κ1) is 24.1. The van der Waals surface area contributed by atoms with Crippen LogP contribution in [0, 0.1) is 0 Å². The van der Waals surface area contributed by atoms with Crippen LogP contribution >= 0.6 is 11.6 Å². The minimum absolute atomic E-state index is 0.194. The number of nitrogens with one attached hydrogen (secondary N) is 2. The van der Waals surface area contributed by atoms with Gasteiger partial charge in [-0.3, -0.25) is 23.7 Å². The third kappa shape index (κ3) is 5.46. The van der Waals surface area contributed by atoms with Gasteiger partial charge in [0.25, 0.3) is 17.4 Å².